The molecule has 15 heavy (non-hydrogen) atoms. The van der Waals surface area contributed by atoms with Crippen molar-refractivity contribution in [1.29, 1.82) is 5.26 Å². The first-order valence-corrected chi connectivity index (χ1v) is 5.80. The van der Waals surface area contributed by atoms with Crippen LogP contribution in [0.4, 0.5) is 0 Å². The average Bonchev–Trinajstić information content (AvgIpc) is 2.25. The first-order chi connectivity index (χ1) is 7.15. The monoisotopic (exact) mass is 210 g/mol. The van der Waals surface area contributed by atoms with Crippen molar-refractivity contribution in [1.82, 2.24) is 4.90 Å². The molecule has 0 aromatic heterocycles. The average molecular weight is 210 g/mol. The van der Waals surface area contributed by atoms with Crippen molar-refractivity contribution in [3.63, 3.8) is 0 Å². The predicted octanol–water partition coefficient (Wildman–Crippen LogP) is 2.43. The second kappa shape index (κ2) is 7.28. The molecule has 3 nitrogen and oxygen atoms in total. The SMILES string of the molecule is CC.CC1CCN(C(=O)CC#N)CC1C. The minimum atomic E-state index is -0.0127. The summed E-state index contributed by atoms with van der Waals surface area (Å²) < 4.78 is 0. The molecule has 0 aliphatic carbocycles. The Kier molecular flexibility index (Phi) is 6.77. The van der Waals surface area contributed by atoms with Gasteiger partial charge in [0, 0.05) is 13.1 Å². The Labute approximate surface area is 93.1 Å². The van der Waals surface area contributed by atoms with Gasteiger partial charge in [-0.3, -0.25) is 4.79 Å². The Morgan fingerprint density at radius 1 is 1.40 bits per heavy atom. The third-order valence-corrected chi connectivity index (χ3v) is 2.92. The molecule has 1 rings (SSSR count). The smallest absolute Gasteiger partial charge is 0.236 e. The lowest BCUT2D eigenvalue weighted by atomic mass is 9.88. The second-order valence-electron chi connectivity index (χ2n) is 3.92. The lowest BCUT2D eigenvalue weighted by molar-refractivity contribution is -0.132. The van der Waals surface area contributed by atoms with Crippen LogP contribution in [0.1, 0.15) is 40.5 Å². The van der Waals surface area contributed by atoms with Crippen molar-refractivity contribution in [2.75, 3.05) is 13.1 Å². The number of piperidine rings is 1. The van der Waals surface area contributed by atoms with Gasteiger partial charge in [-0.15, -0.1) is 0 Å². The highest BCUT2D eigenvalue weighted by atomic mass is 16.2. The predicted molar refractivity (Wildman–Crippen MR) is 61.1 cm³/mol. The summed E-state index contributed by atoms with van der Waals surface area (Å²) >= 11 is 0. The fourth-order valence-corrected chi connectivity index (χ4v) is 1.67. The quantitative estimate of drug-likeness (QED) is 0.667. The van der Waals surface area contributed by atoms with E-state index in [1.165, 1.54) is 0 Å². The maximum Gasteiger partial charge on any atom is 0.236 e. The number of amides is 1. The molecule has 0 aromatic carbocycles. The van der Waals surface area contributed by atoms with Crippen molar-refractivity contribution in [2.45, 2.75) is 40.5 Å². The van der Waals surface area contributed by atoms with E-state index in [9.17, 15) is 4.79 Å². The number of likely N-dealkylation sites (tertiary alicyclic amines) is 1. The van der Waals surface area contributed by atoms with Gasteiger partial charge in [0.15, 0.2) is 0 Å². The topological polar surface area (TPSA) is 44.1 Å². The van der Waals surface area contributed by atoms with E-state index in [2.05, 4.69) is 13.8 Å². The second-order valence-corrected chi connectivity index (χ2v) is 3.92. The van der Waals surface area contributed by atoms with Gasteiger partial charge in [-0.1, -0.05) is 27.7 Å². The third-order valence-electron chi connectivity index (χ3n) is 2.92. The fraction of sp³-hybridized carbons (Fsp3) is 0.833. The van der Waals surface area contributed by atoms with Gasteiger partial charge >= 0.3 is 0 Å². The molecule has 0 aromatic rings. The summed E-state index contributed by atoms with van der Waals surface area (Å²) in [6.07, 6.45) is 1.10. The molecule has 2 unspecified atom stereocenters. The molecular formula is C12H22N2O. The molecule has 1 fully saturated rings. The van der Waals surface area contributed by atoms with E-state index in [0.29, 0.717) is 11.8 Å². The largest absolute Gasteiger partial charge is 0.342 e. The zero-order chi connectivity index (χ0) is 11.8. The molecule has 1 amide bonds. The Balaban J connectivity index is 0.000000921. The van der Waals surface area contributed by atoms with Crippen molar-refractivity contribution >= 4 is 5.91 Å². The fourth-order valence-electron chi connectivity index (χ4n) is 1.67. The standard InChI is InChI=1S/C10H16N2O.C2H6/c1-8-4-6-12(7-9(8)2)10(13)3-5-11;1-2/h8-9H,3-4,6-7H2,1-2H3;1-2H3. The highest BCUT2D eigenvalue weighted by molar-refractivity contribution is 5.78. The van der Waals surface area contributed by atoms with Crippen LogP contribution in [0, 0.1) is 23.2 Å². The van der Waals surface area contributed by atoms with Crippen LogP contribution in [-0.2, 0) is 4.79 Å². The first kappa shape index (κ1) is 14.0. The van der Waals surface area contributed by atoms with Crippen molar-refractivity contribution in [2.24, 2.45) is 11.8 Å². The van der Waals surface area contributed by atoms with Crippen LogP contribution >= 0.6 is 0 Å². The van der Waals surface area contributed by atoms with Gasteiger partial charge in [-0.25, -0.2) is 0 Å². The summed E-state index contributed by atoms with van der Waals surface area (Å²) in [6.45, 7) is 10.0. The number of hydrogen-bond acceptors (Lipinski definition) is 2. The van der Waals surface area contributed by atoms with E-state index in [1.807, 2.05) is 24.8 Å². The number of carbonyl (C=O) groups excluding carboxylic acids is 1. The molecule has 1 aliphatic rings. The summed E-state index contributed by atoms with van der Waals surface area (Å²) in [4.78, 5) is 13.2. The number of nitriles is 1. The van der Waals surface area contributed by atoms with Crippen LogP contribution < -0.4 is 0 Å². The first-order valence-electron chi connectivity index (χ1n) is 5.80. The molecule has 1 aliphatic heterocycles. The molecule has 0 N–H and O–H groups in total. The zero-order valence-corrected chi connectivity index (χ0v) is 10.3. The van der Waals surface area contributed by atoms with Crippen molar-refractivity contribution in [3.8, 4) is 6.07 Å². The van der Waals surface area contributed by atoms with Gasteiger partial charge < -0.3 is 4.90 Å². The lowest BCUT2D eigenvalue weighted by Gasteiger charge is -2.34. The van der Waals surface area contributed by atoms with Crippen LogP contribution in [-0.4, -0.2) is 23.9 Å². The molecule has 2 atom stereocenters. The van der Waals surface area contributed by atoms with Gasteiger partial charge in [0.2, 0.25) is 5.91 Å². The number of carbonyl (C=O) groups is 1. The summed E-state index contributed by atoms with van der Waals surface area (Å²) in [6, 6.07) is 1.90. The van der Waals surface area contributed by atoms with E-state index < -0.39 is 0 Å². The molecular weight excluding hydrogens is 188 g/mol. The molecule has 3 heteroatoms. The maximum absolute atomic E-state index is 11.4. The molecule has 86 valence electrons. The van der Waals surface area contributed by atoms with E-state index >= 15 is 0 Å². The van der Waals surface area contributed by atoms with Crippen molar-refractivity contribution < 1.29 is 4.79 Å². The minimum Gasteiger partial charge on any atom is -0.342 e. The van der Waals surface area contributed by atoms with E-state index in [-0.39, 0.29) is 12.3 Å². The van der Waals surface area contributed by atoms with Gasteiger partial charge in [0.05, 0.1) is 6.07 Å². The zero-order valence-electron chi connectivity index (χ0n) is 10.3. The Morgan fingerprint density at radius 3 is 2.47 bits per heavy atom. The molecule has 0 bridgehead atoms. The van der Waals surface area contributed by atoms with Crippen LogP contribution in [0.15, 0.2) is 0 Å². The van der Waals surface area contributed by atoms with Crippen LogP contribution in [0.5, 0.6) is 0 Å². The summed E-state index contributed by atoms with van der Waals surface area (Å²) in [5.41, 5.74) is 0. The van der Waals surface area contributed by atoms with E-state index in [1.54, 1.807) is 0 Å². The van der Waals surface area contributed by atoms with Gasteiger partial charge in [0.1, 0.15) is 6.42 Å². The Hall–Kier alpha value is -1.04. The molecule has 1 saturated heterocycles. The Morgan fingerprint density at radius 2 is 2.00 bits per heavy atom. The normalized spacial score (nSPS) is 24.9. The number of nitrogens with zero attached hydrogens (tertiary/aromatic N) is 2. The summed E-state index contributed by atoms with van der Waals surface area (Å²) in [5, 5.41) is 8.39. The lowest BCUT2D eigenvalue weighted by Crippen LogP contribution is -2.41. The molecule has 0 radical (unpaired) electrons. The van der Waals surface area contributed by atoms with Crippen LogP contribution in [0.25, 0.3) is 0 Å². The molecule has 0 saturated carbocycles. The van der Waals surface area contributed by atoms with Gasteiger partial charge in [-0.05, 0) is 18.3 Å². The van der Waals surface area contributed by atoms with Crippen molar-refractivity contribution in [3.05, 3.63) is 0 Å². The number of hydrogen-bond donors (Lipinski definition) is 0. The van der Waals surface area contributed by atoms with E-state index in [4.69, 9.17) is 5.26 Å². The Bertz CT molecular complexity index is 232. The molecule has 1 heterocycles. The highest BCUT2D eigenvalue weighted by Crippen LogP contribution is 2.22. The minimum absolute atomic E-state index is 0.0127. The number of rotatable bonds is 1. The van der Waals surface area contributed by atoms with Crippen LogP contribution in [0.3, 0.4) is 0 Å². The van der Waals surface area contributed by atoms with Crippen LogP contribution in [0.2, 0.25) is 0 Å². The summed E-state index contributed by atoms with van der Waals surface area (Å²) in [5.74, 6) is 1.25. The molecule has 0 spiro atoms. The highest BCUT2D eigenvalue weighted by Gasteiger charge is 2.25. The van der Waals surface area contributed by atoms with Gasteiger partial charge in [-0.2, -0.15) is 5.26 Å². The summed E-state index contributed by atoms with van der Waals surface area (Å²) in [7, 11) is 0. The van der Waals surface area contributed by atoms with Gasteiger partial charge in [0.25, 0.3) is 0 Å². The van der Waals surface area contributed by atoms with E-state index in [0.717, 1.165) is 19.5 Å². The third kappa shape index (κ3) is 4.33. The maximum atomic E-state index is 11.4.